The molecule has 0 aliphatic carbocycles. The summed E-state index contributed by atoms with van der Waals surface area (Å²) in [6, 6.07) is 16.9. The second kappa shape index (κ2) is 8.33. The first-order chi connectivity index (χ1) is 15.5. The highest BCUT2D eigenvalue weighted by atomic mass is 32.2. The van der Waals surface area contributed by atoms with Crippen LogP contribution in [-0.4, -0.2) is 39.7 Å². The number of aromatic nitrogens is 4. The van der Waals surface area contributed by atoms with E-state index >= 15 is 0 Å². The molecule has 0 saturated carbocycles. The molecule has 1 aliphatic heterocycles. The van der Waals surface area contributed by atoms with E-state index in [4.69, 9.17) is 4.52 Å². The lowest BCUT2D eigenvalue weighted by Crippen LogP contribution is -2.34. The molecule has 8 nitrogen and oxygen atoms in total. The Labute approximate surface area is 186 Å². The van der Waals surface area contributed by atoms with Crippen molar-refractivity contribution in [3.8, 4) is 0 Å². The minimum absolute atomic E-state index is 0.114. The van der Waals surface area contributed by atoms with E-state index in [1.807, 2.05) is 42.5 Å². The van der Waals surface area contributed by atoms with Crippen LogP contribution in [-0.2, 0) is 35.8 Å². The molecule has 5 rings (SSSR count). The third-order valence-corrected chi connectivity index (χ3v) is 6.84. The summed E-state index contributed by atoms with van der Waals surface area (Å²) in [5, 5.41) is 4.20. The summed E-state index contributed by atoms with van der Waals surface area (Å²) in [6.07, 6.45) is 4.19. The number of imidazole rings is 1. The van der Waals surface area contributed by atoms with Crippen LogP contribution in [0.25, 0.3) is 0 Å². The van der Waals surface area contributed by atoms with Gasteiger partial charge in [0.15, 0.2) is 15.7 Å². The van der Waals surface area contributed by atoms with Gasteiger partial charge in [-0.25, -0.2) is 13.4 Å². The summed E-state index contributed by atoms with van der Waals surface area (Å²) in [5.41, 5.74) is 4.20. The van der Waals surface area contributed by atoms with Crippen LogP contribution in [0.2, 0.25) is 0 Å². The predicted molar refractivity (Wildman–Crippen MR) is 117 cm³/mol. The second-order valence-corrected chi connectivity index (χ2v) is 10.1. The van der Waals surface area contributed by atoms with Gasteiger partial charge in [-0.3, -0.25) is 4.90 Å². The number of hydrogen-bond acceptors (Lipinski definition) is 7. The molecule has 2 aromatic heterocycles. The minimum Gasteiger partial charge on any atom is -0.347 e. The molecular weight excluding hydrogens is 426 g/mol. The number of rotatable bonds is 6. The van der Waals surface area contributed by atoms with E-state index < -0.39 is 9.84 Å². The van der Waals surface area contributed by atoms with Crippen LogP contribution in [0, 0.1) is 0 Å². The van der Waals surface area contributed by atoms with E-state index in [0.717, 1.165) is 22.5 Å². The van der Waals surface area contributed by atoms with Gasteiger partial charge in [0.25, 0.3) is 0 Å². The third-order valence-electron chi connectivity index (χ3n) is 5.71. The van der Waals surface area contributed by atoms with E-state index in [0.29, 0.717) is 42.5 Å². The average molecular weight is 450 g/mol. The molecule has 1 N–H and O–H groups in total. The first kappa shape index (κ1) is 20.6. The maximum atomic E-state index is 11.8. The van der Waals surface area contributed by atoms with Crippen LogP contribution in [0.3, 0.4) is 0 Å². The van der Waals surface area contributed by atoms with Gasteiger partial charge < -0.3 is 9.51 Å². The highest BCUT2D eigenvalue weighted by Crippen LogP contribution is 2.32. The van der Waals surface area contributed by atoms with Crippen LogP contribution in [0.4, 0.5) is 0 Å². The summed E-state index contributed by atoms with van der Waals surface area (Å²) in [5.74, 6) is 1.22. The van der Waals surface area contributed by atoms with E-state index in [1.165, 1.54) is 6.26 Å². The monoisotopic (exact) mass is 449 g/mol. The Morgan fingerprint density at radius 2 is 1.88 bits per heavy atom. The summed E-state index contributed by atoms with van der Waals surface area (Å²) < 4.78 is 29.2. The maximum Gasteiger partial charge on any atom is 0.244 e. The molecule has 0 saturated heterocycles. The molecule has 1 aliphatic rings. The number of nitrogens with zero attached hydrogens (tertiary/aromatic N) is 4. The quantitative estimate of drug-likeness (QED) is 0.482. The molecule has 0 unspecified atom stereocenters. The highest BCUT2D eigenvalue weighted by molar-refractivity contribution is 7.90. The highest BCUT2D eigenvalue weighted by Gasteiger charge is 2.33. The number of sulfone groups is 1. The first-order valence-electron chi connectivity index (χ1n) is 10.4. The Balaban J connectivity index is 1.39. The van der Waals surface area contributed by atoms with Crippen LogP contribution in [0.15, 0.2) is 70.3 Å². The van der Waals surface area contributed by atoms with E-state index in [2.05, 4.69) is 25.0 Å². The van der Waals surface area contributed by atoms with Gasteiger partial charge in [0, 0.05) is 32.2 Å². The molecule has 0 spiro atoms. The Morgan fingerprint density at radius 1 is 1.09 bits per heavy atom. The molecule has 0 bridgehead atoms. The molecule has 4 aromatic rings. The van der Waals surface area contributed by atoms with Gasteiger partial charge >= 0.3 is 0 Å². The van der Waals surface area contributed by atoms with Crippen molar-refractivity contribution >= 4 is 9.84 Å². The molecule has 164 valence electrons. The molecule has 3 heterocycles. The third kappa shape index (κ3) is 4.35. The maximum absolute atomic E-state index is 11.8. The van der Waals surface area contributed by atoms with Crippen LogP contribution < -0.4 is 0 Å². The number of fused-ring (bicyclic) bond motifs is 1. The normalized spacial score (nSPS) is 16.7. The fourth-order valence-corrected chi connectivity index (χ4v) is 4.66. The van der Waals surface area contributed by atoms with Crippen molar-refractivity contribution < 1.29 is 12.9 Å². The van der Waals surface area contributed by atoms with Gasteiger partial charge in [0.2, 0.25) is 5.89 Å². The van der Waals surface area contributed by atoms with E-state index in [1.54, 1.807) is 18.5 Å². The van der Waals surface area contributed by atoms with Crippen LogP contribution in [0.5, 0.6) is 0 Å². The topological polar surface area (TPSA) is 105 Å². The molecule has 0 radical (unpaired) electrons. The van der Waals surface area contributed by atoms with E-state index in [9.17, 15) is 8.42 Å². The van der Waals surface area contributed by atoms with Crippen molar-refractivity contribution in [3.05, 3.63) is 95.2 Å². The number of benzene rings is 2. The van der Waals surface area contributed by atoms with Gasteiger partial charge in [-0.1, -0.05) is 47.6 Å². The fraction of sp³-hybridized carbons (Fsp3) is 0.261. The zero-order valence-electron chi connectivity index (χ0n) is 17.6. The molecule has 32 heavy (non-hydrogen) atoms. The number of H-pyrrole nitrogens is 1. The lowest BCUT2D eigenvalue weighted by molar-refractivity contribution is 0.128. The summed E-state index contributed by atoms with van der Waals surface area (Å²) in [6.45, 7) is 1.27. The molecule has 1 atom stereocenters. The lowest BCUT2D eigenvalue weighted by atomic mass is 10.0. The predicted octanol–water partition coefficient (Wildman–Crippen LogP) is 3.09. The summed E-state index contributed by atoms with van der Waals surface area (Å²) in [7, 11) is -3.22. The van der Waals surface area contributed by atoms with Crippen molar-refractivity contribution in [2.24, 2.45) is 0 Å². The van der Waals surface area contributed by atoms with Crippen molar-refractivity contribution in [3.63, 3.8) is 0 Å². The zero-order chi connectivity index (χ0) is 22.1. The fourth-order valence-electron chi connectivity index (χ4n) is 4.03. The van der Waals surface area contributed by atoms with Crippen LogP contribution >= 0.6 is 0 Å². The molecule has 9 heteroatoms. The number of nitrogens with one attached hydrogen (secondary N) is 1. The van der Waals surface area contributed by atoms with Gasteiger partial charge in [-0.2, -0.15) is 4.98 Å². The number of aromatic amines is 1. The minimum atomic E-state index is -3.22. The van der Waals surface area contributed by atoms with Gasteiger partial charge in [0.05, 0.1) is 28.7 Å². The van der Waals surface area contributed by atoms with Gasteiger partial charge in [-0.05, 0) is 23.3 Å². The van der Waals surface area contributed by atoms with E-state index in [-0.39, 0.29) is 6.04 Å². The molecule has 0 amide bonds. The first-order valence-corrected chi connectivity index (χ1v) is 12.3. The molecule has 2 aromatic carbocycles. The average Bonchev–Trinajstić information content (AvgIpc) is 3.43. The largest absolute Gasteiger partial charge is 0.347 e. The van der Waals surface area contributed by atoms with Gasteiger partial charge in [-0.15, -0.1) is 0 Å². The molecular formula is C23H23N5O3S. The standard InChI is InChI=1S/C23H23N5O3S/c1-32(29,30)18-9-7-17(8-10-18)13-28-14-20-19(24-15-25-20)12-21(28)23-26-22(27-31-23)11-16-5-3-2-4-6-16/h2-10,15,21H,11-14H2,1H3,(H,24,25)/t21-/m0/s1. The number of hydrogen-bond donors (Lipinski definition) is 1. The van der Waals surface area contributed by atoms with Crippen molar-refractivity contribution in [2.45, 2.75) is 36.9 Å². The summed E-state index contributed by atoms with van der Waals surface area (Å²) >= 11 is 0. The zero-order valence-corrected chi connectivity index (χ0v) is 18.4. The Morgan fingerprint density at radius 3 is 2.62 bits per heavy atom. The Hall–Kier alpha value is -3.30. The molecule has 0 fully saturated rings. The van der Waals surface area contributed by atoms with Crippen molar-refractivity contribution in [1.29, 1.82) is 0 Å². The SMILES string of the molecule is CS(=O)(=O)c1ccc(CN2Cc3[nH]cnc3C[C@H]2c2nc(Cc3ccccc3)no2)cc1. The lowest BCUT2D eigenvalue weighted by Gasteiger charge is -2.32. The van der Waals surface area contributed by atoms with Crippen molar-refractivity contribution in [2.75, 3.05) is 6.26 Å². The Kier molecular flexibility index (Phi) is 5.36. The van der Waals surface area contributed by atoms with Crippen molar-refractivity contribution in [1.82, 2.24) is 25.0 Å². The van der Waals surface area contributed by atoms with Gasteiger partial charge in [0.1, 0.15) is 0 Å². The smallest absolute Gasteiger partial charge is 0.244 e. The summed E-state index contributed by atoms with van der Waals surface area (Å²) in [4.78, 5) is 14.9. The Bertz CT molecular complexity index is 1310. The second-order valence-electron chi connectivity index (χ2n) is 8.08. The van der Waals surface area contributed by atoms with Crippen LogP contribution in [0.1, 0.15) is 40.3 Å².